The molecule has 1 saturated heterocycles. The average Bonchev–Trinajstić information content (AvgIpc) is 3.48. The average molecular weight is 417 g/mol. The molecule has 0 radical (unpaired) electrons. The summed E-state index contributed by atoms with van der Waals surface area (Å²) in [5.74, 6) is 0.416. The van der Waals surface area contributed by atoms with Crippen molar-refractivity contribution in [3.8, 4) is 11.3 Å². The van der Waals surface area contributed by atoms with Gasteiger partial charge in [-0.25, -0.2) is 9.97 Å². The van der Waals surface area contributed by atoms with Crippen molar-refractivity contribution in [2.75, 3.05) is 18.8 Å². The molecule has 0 aliphatic carbocycles. The van der Waals surface area contributed by atoms with E-state index in [-0.39, 0.29) is 11.5 Å². The van der Waals surface area contributed by atoms with Gasteiger partial charge in [0, 0.05) is 48.4 Å². The molecule has 1 spiro atoms. The number of alkyl halides is 3. The first kappa shape index (κ1) is 19.1. The zero-order valence-electron chi connectivity index (χ0n) is 16.4. The lowest BCUT2D eigenvalue weighted by Gasteiger charge is -2.26. The number of aromatic amines is 1. The maximum absolute atomic E-state index is 13.2. The van der Waals surface area contributed by atoms with Crippen molar-refractivity contribution >= 4 is 5.82 Å². The Morgan fingerprint density at radius 3 is 2.73 bits per heavy atom. The monoisotopic (exact) mass is 417 g/mol. The lowest BCUT2D eigenvalue weighted by atomic mass is 9.82. The zero-order chi connectivity index (χ0) is 21.1. The molecule has 0 saturated carbocycles. The fraction of sp³-hybridized carbons (Fsp3) is 0.450. The van der Waals surface area contributed by atoms with Crippen LogP contribution in [0.5, 0.6) is 0 Å². The van der Waals surface area contributed by atoms with Crippen LogP contribution in [0, 0.1) is 0 Å². The SMILES string of the molecule is CC(c1ncc[nH]1)N1CCC2(CCn3nc(-c4cnc(N)c(C(F)(F)F)c4)cc32)C1. The summed E-state index contributed by atoms with van der Waals surface area (Å²) in [4.78, 5) is 13.7. The highest BCUT2D eigenvalue weighted by molar-refractivity contribution is 5.63. The van der Waals surface area contributed by atoms with Crippen LogP contribution in [-0.4, -0.2) is 42.7 Å². The Balaban J connectivity index is 1.44. The number of H-pyrrole nitrogens is 1. The number of nitrogens with two attached hydrogens (primary N) is 1. The van der Waals surface area contributed by atoms with E-state index in [1.165, 1.54) is 6.20 Å². The molecule has 2 aliphatic rings. The number of rotatable bonds is 3. The minimum Gasteiger partial charge on any atom is -0.383 e. The number of fused-ring (bicyclic) bond motifs is 2. The van der Waals surface area contributed by atoms with Crippen LogP contribution in [0.1, 0.15) is 42.9 Å². The van der Waals surface area contributed by atoms with Crippen LogP contribution < -0.4 is 5.73 Å². The Bertz CT molecular complexity index is 1070. The third kappa shape index (κ3) is 2.97. The normalized spacial score (nSPS) is 22.7. The Morgan fingerprint density at radius 2 is 2.00 bits per heavy atom. The van der Waals surface area contributed by atoms with Crippen molar-refractivity contribution in [1.82, 2.24) is 29.6 Å². The van der Waals surface area contributed by atoms with Gasteiger partial charge in [-0.2, -0.15) is 18.3 Å². The maximum atomic E-state index is 13.2. The number of nitrogens with zero attached hydrogens (tertiary/aromatic N) is 5. The van der Waals surface area contributed by atoms with Gasteiger partial charge in [0.05, 0.1) is 17.3 Å². The standard InChI is InChI=1S/C20H22F3N7/c1-12(18-25-4-5-26-18)29-6-2-19(11-29)3-7-30-16(19)9-15(28-30)13-8-14(20(21,22)23)17(24)27-10-13/h4-5,8-10,12H,2-3,6-7,11H2,1H3,(H2,24,27)(H,25,26). The van der Waals surface area contributed by atoms with E-state index in [1.54, 1.807) is 6.20 Å². The molecule has 30 heavy (non-hydrogen) atoms. The molecule has 10 heteroatoms. The Morgan fingerprint density at radius 1 is 1.20 bits per heavy atom. The maximum Gasteiger partial charge on any atom is 0.419 e. The van der Waals surface area contributed by atoms with Crippen molar-refractivity contribution < 1.29 is 13.2 Å². The molecule has 158 valence electrons. The smallest absolute Gasteiger partial charge is 0.383 e. The first-order valence-corrected chi connectivity index (χ1v) is 9.92. The lowest BCUT2D eigenvalue weighted by Crippen LogP contribution is -2.31. The number of imidazole rings is 1. The number of pyridine rings is 1. The van der Waals surface area contributed by atoms with Crippen molar-refractivity contribution in [2.45, 2.75) is 43.9 Å². The third-order valence-electron chi connectivity index (χ3n) is 6.49. The van der Waals surface area contributed by atoms with Gasteiger partial charge in [0.1, 0.15) is 11.6 Å². The number of aromatic nitrogens is 5. The molecule has 2 aliphatic heterocycles. The number of likely N-dealkylation sites (tertiary alicyclic amines) is 1. The third-order valence-corrected chi connectivity index (χ3v) is 6.49. The van der Waals surface area contributed by atoms with E-state index in [0.717, 1.165) is 50.1 Å². The van der Waals surface area contributed by atoms with E-state index < -0.39 is 17.6 Å². The molecule has 5 rings (SSSR count). The van der Waals surface area contributed by atoms with E-state index >= 15 is 0 Å². The molecule has 0 aromatic carbocycles. The highest BCUT2D eigenvalue weighted by atomic mass is 19.4. The van der Waals surface area contributed by atoms with Crippen LogP contribution in [0.2, 0.25) is 0 Å². The van der Waals surface area contributed by atoms with E-state index in [1.807, 2.05) is 16.9 Å². The van der Waals surface area contributed by atoms with Crippen molar-refractivity contribution in [3.63, 3.8) is 0 Å². The van der Waals surface area contributed by atoms with Crippen molar-refractivity contribution in [1.29, 1.82) is 0 Å². The summed E-state index contributed by atoms with van der Waals surface area (Å²) in [5, 5.41) is 4.58. The fourth-order valence-electron chi connectivity index (χ4n) is 4.77. The van der Waals surface area contributed by atoms with Gasteiger partial charge < -0.3 is 10.7 Å². The molecule has 2 atom stereocenters. The van der Waals surface area contributed by atoms with Crippen molar-refractivity contribution in [2.24, 2.45) is 0 Å². The summed E-state index contributed by atoms with van der Waals surface area (Å²) in [6.45, 7) is 4.69. The predicted octanol–water partition coefficient (Wildman–Crippen LogP) is 3.38. The van der Waals surface area contributed by atoms with E-state index in [9.17, 15) is 13.2 Å². The van der Waals surface area contributed by atoms with Crippen molar-refractivity contribution in [3.05, 3.63) is 47.8 Å². The second-order valence-corrected chi connectivity index (χ2v) is 8.19. The Labute approximate surface area is 171 Å². The topological polar surface area (TPSA) is 88.7 Å². The van der Waals surface area contributed by atoms with Gasteiger partial charge in [0.15, 0.2) is 0 Å². The Kier molecular flexibility index (Phi) is 4.18. The number of halogens is 3. The van der Waals surface area contributed by atoms with Gasteiger partial charge in [0.2, 0.25) is 0 Å². The van der Waals surface area contributed by atoms with Gasteiger partial charge in [0.25, 0.3) is 0 Å². The molecule has 5 heterocycles. The van der Waals surface area contributed by atoms with Crippen LogP contribution in [0.15, 0.2) is 30.7 Å². The van der Waals surface area contributed by atoms with Gasteiger partial charge >= 0.3 is 6.18 Å². The van der Waals surface area contributed by atoms with Gasteiger partial charge in [-0.05, 0) is 38.4 Å². The van der Waals surface area contributed by atoms with Crippen LogP contribution in [0.25, 0.3) is 11.3 Å². The van der Waals surface area contributed by atoms with E-state index in [4.69, 9.17) is 5.73 Å². The van der Waals surface area contributed by atoms with Crippen LogP contribution in [0.3, 0.4) is 0 Å². The zero-order valence-corrected chi connectivity index (χ0v) is 16.4. The number of nitrogens with one attached hydrogen (secondary N) is 1. The number of aryl methyl sites for hydroxylation is 1. The largest absolute Gasteiger partial charge is 0.419 e. The van der Waals surface area contributed by atoms with E-state index in [0.29, 0.717) is 11.3 Å². The number of hydrogen-bond acceptors (Lipinski definition) is 5. The van der Waals surface area contributed by atoms with Crippen LogP contribution in [0.4, 0.5) is 19.0 Å². The van der Waals surface area contributed by atoms with Gasteiger partial charge in [-0.15, -0.1) is 0 Å². The summed E-state index contributed by atoms with van der Waals surface area (Å²) < 4.78 is 41.6. The molecule has 0 amide bonds. The fourth-order valence-corrected chi connectivity index (χ4v) is 4.77. The summed E-state index contributed by atoms with van der Waals surface area (Å²) in [5.41, 5.74) is 6.37. The van der Waals surface area contributed by atoms with Gasteiger partial charge in [-0.1, -0.05) is 0 Å². The first-order chi connectivity index (χ1) is 14.3. The van der Waals surface area contributed by atoms with E-state index in [2.05, 4.69) is 31.9 Å². The quantitative estimate of drug-likeness (QED) is 0.682. The molecule has 2 unspecified atom stereocenters. The molecule has 1 fully saturated rings. The highest BCUT2D eigenvalue weighted by Crippen LogP contribution is 2.45. The minimum absolute atomic E-state index is 0.0415. The molecule has 3 N–H and O–H groups in total. The molecular formula is C20H22F3N7. The minimum atomic E-state index is -4.55. The first-order valence-electron chi connectivity index (χ1n) is 9.92. The molecule has 0 bridgehead atoms. The lowest BCUT2D eigenvalue weighted by molar-refractivity contribution is -0.137. The second kappa shape index (κ2) is 6.56. The van der Waals surface area contributed by atoms with Crippen LogP contribution >= 0.6 is 0 Å². The second-order valence-electron chi connectivity index (χ2n) is 8.19. The number of hydrogen-bond donors (Lipinski definition) is 2. The Hall–Kier alpha value is -2.88. The molecule has 3 aromatic heterocycles. The molecular weight excluding hydrogens is 395 g/mol. The van der Waals surface area contributed by atoms with Gasteiger partial charge in [-0.3, -0.25) is 9.58 Å². The molecule has 3 aromatic rings. The summed E-state index contributed by atoms with van der Waals surface area (Å²) in [6, 6.07) is 3.13. The number of nitrogen functional groups attached to an aromatic ring is 1. The summed E-state index contributed by atoms with van der Waals surface area (Å²) in [7, 11) is 0. The predicted molar refractivity (Wildman–Crippen MR) is 104 cm³/mol. The summed E-state index contributed by atoms with van der Waals surface area (Å²) >= 11 is 0. The van der Waals surface area contributed by atoms with Crippen LogP contribution in [-0.2, 0) is 18.1 Å². The summed E-state index contributed by atoms with van der Waals surface area (Å²) in [6.07, 6.45) is 2.34. The highest BCUT2D eigenvalue weighted by Gasteiger charge is 2.47. The molecule has 7 nitrogen and oxygen atoms in total. The number of anilines is 1.